The fourth-order valence-electron chi connectivity index (χ4n) is 5.60. The highest BCUT2D eigenvalue weighted by Gasteiger charge is 2.35. The quantitative estimate of drug-likeness (QED) is 0.156. The molecule has 242 valence electrons. The first-order valence-corrected chi connectivity index (χ1v) is 14.7. The average Bonchev–Trinajstić information content (AvgIpc) is 3.72. The van der Waals surface area contributed by atoms with E-state index in [0.717, 1.165) is 22.3 Å². The second-order valence-electron chi connectivity index (χ2n) is 11.0. The third kappa shape index (κ3) is 7.42. The first kappa shape index (κ1) is 31.9. The van der Waals surface area contributed by atoms with Gasteiger partial charge in [0.25, 0.3) is 0 Å². The largest absolute Gasteiger partial charge is 0.480 e. The molecule has 0 unspecified atom stereocenters. The number of hydrogen-bond acceptors (Lipinski definition) is 10. The fourth-order valence-corrected chi connectivity index (χ4v) is 5.60. The highest BCUT2D eigenvalue weighted by Crippen LogP contribution is 2.44. The minimum atomic E-state index is -1.77. The maximum Gasteiger partial charge on any atom is 0.407 e. The summed E-state index contributed by atoms with van der Waals surface area (Å²) in [5, 5.41) is 18.9. The second-order valence-corrected chi connectivity index (χ2v) is 11.0. The lowest BCUT2D eigenvalue weighted by Gasteiger charge is -2.22. The summed E-state index contributed by atoms with van der Waals surface area (Å²) < 4.78 is 15.1. The van der Waals surface area contributed by atoms with Crippen LogP contribution in [0.15, 0.2) is 48.5 Å². The van der Waals surface area contributed by atoms with Gasteiger partial charge in [-0.05, 0) is 22.3 Å². The van der Waals surface area contributed by atoms with Crippen LogP contribution in [0.2, 0.25) is 0 Å². The van der Waals surface area contributed by atoms with Crippen LogP contribution in [-0.2, 0) is 43.0 Å². The molecule has 0 spiro atoms. The molecule has 5 rings (SSSR count). The maximum atomic E-state index is 13.3. The number of amides is 4. The zero-order valence-electron chi connectivity index (χ0n) is 24.5. The van der Waals surface area contributed by atoms with Crippen LogP contribution in [0.1, 0.15) is 42.7 Å². The van der Waals surface area contributed by atoms with E-state index in [1.165, 1.54) is 0 Å². The number of carbonyl (C=O) groups excluding carboxylic acids is 6. The molecule has 5 N–H and O–H groups in total. The highest BCUT2D eigenvalue weighted by molar-refractivity contribution is 5.95. The van der Waals surface area contributed by atoms with E-state index in [4.69, 9.17) is 14.2 Å². The molecule has 0 radical (unpaired) electrons. The van der Waals surface area contributed by atoms with Gasteiger partial charge in [-0.15, -0.1) is 0 Å². The first-order valence-electron chi connectivity index (χ1n) is 14.7. The molecular formula is C31H32N4O11. The summed E-state index contributed by atoms with van der Waals surface area (Å²) in [5.41, 5.74) is 3.89. The Morgan fingerprint density at radius 1 is 0.761 bits per heavy atom. The summed E-state index contributed by atoms with van der Waals surface area (Å²) in [4.78, 5) is 86.9. The van der Waals surface area contributed by atoms with Gasteiger partial charge in [-0.3, -0.25) is 14.4 Å². The van der Waals surface area contributed by atoms with Crippen molar-refractivity contribution in [3.8, 4) is 11.1 Å². The number of benzene rings is 2. The predicted octanol–water partition coefficient (Wildman–Crippen LogP) is 0.107. The molecule has 0 aromatic heterocycles. The van der Waals surface area contributed by atoms with Gasteiger partial charge in [0.1, 0.15) is 30.8 Å². The number of ether oxygens (including phenoxy) is 3. The molecule has 0 bridgehead atoms. The van der Waals surface area contributed by atoms with Crippen molar-refractivity contribution < 1.29 is 52.9 Å². The molecule has 3 aliphatic rings. The Morgan fingerprint density at radius 2 is 1.26 bits per heavy atom. The van der Waals surface area contributed by atoms with Crippen LogP contribution < -0.4 is 21.3 Å². The van der Waals surface area contributed by atoms with Crippen LogP contribution in [-0.4, -0.2) is 90.8 Å². The van der Waals surface area contributed by atoms with Crippen LogP contribution in [0.5, 0.6) is 0 Å². The molecule has 2 heterocycles. The van der Waals surface area contributed by atoms with Crippen molar-refractivity contribution in [1.29, 1.82) is 0 Å². The minimum absolute atomic E-state index is 0.101. The molecule has 2 aromatic rings. The Bertz CT molecular complexity index is 1510. The van der Waals surface area contributed by atoms with Gasteiger partial charge in [-0.1, -0.05) is 48.5 Å². The van der Waals surface area contributed by atoms with E-state index < -0.39 is 78.7 Å². The summed E-state index contributed by atoms with van der Waals surface area (Å²) >= 11 is 0. The van der Waals surface area contributed by atoms with Crippen LogP contribution in [0, 0.1) is 0 Å². The summed E-state index contributed by atoms with van der Waals surface area (Å²) in [7, 11) is 0. The molecule has 4 amide bonds. The summed E-state index contributed by atoms with van der Waals surface area (Å²) in [6.45, 7) is 0.106. The standard InChI is InChI=1S/C31H32N4O11/c36-25(32-21-9-11-44-29(21)41)13-23(27(38)34-24(28(39)40)14-26(37)33-22-10-12-45-30(22)42)35-31(43)46-15-20-18-7-3-1-5-16(18)17-6-2-4-8-19(17)20/h1-8,20-24H,9-15H2,(H,32,36)(H,33,37)(H,34,38)(H,35,43)(H,39,40)/t21-,22-,23-,24-/m0/s1. The van der Waals surface area contributed by atoms with Crippen molar-refractivity contribution in [3.05, 3.63) is 59.7 Å². The molecule has 2 aliphatic heterocycles. The van der Waals surface area contributed by atoms with Gasteiger partial charge in [0.05, 0.1) is 26.1 Å². The number of carboxylic acid groups (broad SMARTS) is 1. The van der Waals surface area contributed by atoms with Crippen molar-refractivity contribution in [1.82, 2.24) is 21.3 Å². The summed E-state index contributed by atoms with van der Waals surface area (Å²) in [5.74, 6) is -5.92. The van der Waals surface area contributed by atoms with E-state index in [1.807, 2.05) is 48.5 Å². The van der Waals surface area contributed by atoms with Crippen LogP contribution in [0.25, 0.3) is 11.1 Å². The number of alkyl carbamates (subject to hydrolysis) is 1. The van der Waals surface area contributed by atoms with E-state index in [1.54, 1.807) is 0 Å². The molecule has 0 saturated carbocycles. The number of hydrogen-bond donors (Lipinski definition) is 5. The SMILES string of the molecule is O=C(C[C@H](NC(=O)[C@H](CC(=O)N[C@H]1CCOC1=O)NC(=O)OCC1c2ccccc2-c2ccccc21)C(=O)O)N[C@H]1CCOC1=O. The van der Waals surface area contributed by atoms with Gasteiger partial charge in [0, 0.05) is 18.8 Å². The Morgan fingerprint density at radius 3 is 1.74 bits per heavy atom. The lowest BCUT2D eigenvalue weighted by atomic mass is 9.98. The Hall–Kier alpha value is -5.47. The average molecular weight is 637 g/mol. The van der Waals surface area contributed by atoms with Gasteiger partial charge < -0.3 is 40.6 Å². The molecular weight excluding hydrogens is 604 g/mol. The van der Waals surface area contributed by atoms with Crippen LogP contribution in [0.4, 0.5) is 4.79 Å². The van der Waals surface area contributed by atoms with E-state index in [0.29, 0.717) is 0 Å². The third-order valence-electron chi connectivity index (χ3n) is 7.89. The van der Waals surface area contributed by atoms with E-state index >= 15 is 0 Å². The second kappa shape index (κ2) is 14.1. The molecule has 2 saturated heterocycles. The smallest absolute Gasteiger partial charge is 0.407 e. The predicted molar refractivity (Wildman–Crippen MR) is 156 cm³/mol. The molecule has 4 atom stereocenters. The van der Waals surface area contributed by atoms with Gasteiger partial charge in [0.2, 0.25) is 17.7 Å². The van der Waals surface area contributed by atoms with Crippen molar-refractivity contribution in [2.75, 3.05) is 19.8 Å². The van der Waals surface area contributed by atoms with E-state index in [2.05, 4.69) is 21.3 Å². The van der Waals surface area contributed by atoms with E-state index in [9.17, 15) is 38.7 Å². The van der Waals surface area contributed by atoms with E-state index in [-0.39, 0.29) is 38.6 Å². The molecule has 15 nitrogen and oxygen atoms in total. The molecule has 2 aromatic carbocycles. The number of aliphatic carboxylic acids is 1. The maximum absolute atomic E-state index is 13.3. The normalized spacial score (nSPS) is 19.5. The van der Waals surface area contributed by atoms with Gasteiger partial charge in [-0.2, -0.15) is 0 Å². The molecule has 46 heavy (non-hydrogen) atoms. The molecule has 15 heteroatoms. The number of cyclic esters (lactones) is 2. The van der Waals surface area contributed by atoms with Gasteiger partial charge in [-0.25, -0.2) is 19.2 Å². The minimum Gasteiger partial charge on any atom is -0.480 e. The van der Waals surface area contributed by atoms with Crippen molar-refractivity contribution in [2.45, 2.75) is 55.8 Å². The Balaban J connectivity index is 1.25. The number of carbonyl (C=O) groups is 7. The fraction of sp³-hybridized carbons (Fsp3) is 0.387. The van der Waals surface area contributed by atoms with Crippen LogP contribution >= 0.6 is 0 Å². The number of carboxylic acids is 1. The lowest BCUT2D eigenvalue weighted by Crippen LogP contribution is -2.54. The van der Waals surface area contributed by atoms with Gasteiger partial charge >= 0.3 is 24.0 Å². The zero-order valence-corrected chi connectivity index (χ0v) is 24.5. The third-order valence-corrected chi connectivity index (χ3v) is 7.89. The van der Waals surface area contributed by atoms with Crippen molar-refractivity contribution in [3.63, 3.8) is 0 Å². The zero-order chi connectivity index (χ0) is 32.8. The number of nitrogens with one attached hydrogen (secondary N) is 4. The van der Waals surface area contributed by atoms with Crippen LogP contribution in [0.3, 0.4) is 0 Å². The summed E-state index contributed by atoms with van der Waals surface area (Å²) in [6.07, 6.45) is -2.06. The lowest BCUT2D eigenvalue weighted by molar-refractivity contribution is -0.144. The highest BCUT2D eigenvalue weighted by atomic mass is 16.6. The van der Waals surface area contributed by atoms with Crippen molar-refractivity contribution in [2.24, 2.45) is 0 Å². The molecule has 1 aliphatic carbocycles. The van der Waals surface area contributed by atoms with Crippen molar-refractivity contribution >= 4 is 41.7 Å². The monoisotopic (exact) mass is 636 g/mol. The first-order chi connectivity index (χ1) is 22.1. The number of rotatable bonds is 12. The number of fused-ring (bicyclic) bond motifs is 3. The van der Waals surface area contributed by atoms with Gasteiger partial charge in [0.15, 0.2) is 0 Å². The molecule has 2 fully saturated rings. The Labute approximate surface area is 262 Å². The topological polar surface area (TPSA) is 216 Å². The Kier molecular flexibility index (Phi) is 9.79. The number of esters is 2. The summed E-state index contributed by atoms with van der Waals surface area (Å²) in [6, 6.07) is 10.0.